The maximum Gasteiger partial charge on any atom is 0.345 e. The maximum absolute atomic E-state index is 12.9. The third kappa shape index (κ3) is 4.89. The molecule has 0 aliphatic carbocycles. The molecule has 32 heavy (non-hydrogen) atoms. The Morgan fingerprint density at radius 1 is 1.06 bits per heavy atom. The molecular weight excluding hydrogens is 402 g/mol. The molecule has 1 aliphatic heterocycles. The molecule has 0 radical (unpaired) electrons. The zero-order valence-electron chi connectivity index (χ0n) is 18.8. The van der Waals surface area contributed by atoms with Crippen molar-refractivity contribution in [1.29, 1.82) is 0 Å². The Morgan fingerprint density at radius 3 is 2.53 bits per heavy atom. The van der Waals surface area contributed by atoms with E-state index in [2.05, 4.69) is 71.6 Å². The maximum atomic E-state index is 12.9. The Labute approximate surface area is 188 Å². The number of benzene rings is 2. The quantitative estimate of drug-likeness (QED) is 0.678. The van der Waals surface area contributed by atoms with Gasteiger partial charge in [-0.05, 0) is 36.1 Å². The number of aryl methyl sites for hydroxylation is 1. The van der Waals surface area contributed by atoms with E-state index < -0.39 is 0 Å². The topological polar surface area (TPSA) is 70.5 Å². The van der Waals surface area contributed by atoms with Gasteiger partial charge in [-0.15, -0.1) is 5.10 Å². The number of carbonyl (C=O) groups excluding carboxylic acids is 2. The number of nitrogens with zero attached hydrogens (tertiary/aromatic N) is 4. The largest absolute Gasteiger partial charge is 0.345 e. The van der Waals surface area contributed by atoms with Crippen molar-refractivity contribution in [3.8, 4) is 11.1 Å². The monoisotopic (exact) mass is 431 g/mol. The molecule has 4 rings (SSSR count). The summed E-state index contributed by atoms with van der Waals surface area (Å²) < 4.78 is 1.30. The van der Waals surface area contributed by atoms with Gasteiger partial charge in [0.25, 0.3) is 0 Å². The van der Waals surface area contributed by atoms with E-state index in [0.717, 1.165) is 19.6 Å². The molecule has 0 unspecified atom stereocenters. The Bertz CT molecular complexity index is 1110. The Morgan fingerprint density at radius 2 is 1.84 bits per heavy atom. The van der Waals surface area contributed by atoms with Gasteiger partial charge < -0.3 is 10.2 Å². The lowest BCUT2D eigenvalue weighted by Crippen LogP contribution is -2.54. The van der Waals surface area contributed by atoms with Crippen molar-refractivity contribution >= 4 is 17.8 Å². The van der Waals surface area contributed by atoms with E-state index >= 15 is 0 Å². The summed E-state index contributed by atoms with van der Waals surface area (Å²) in [4.78, 5) is 28.3. The van der Waals surface area contributed by atoms with E-state index in [4.69, 9.17) is 0 Å². The van der Waals surface area contributed by atoms with Crippen LogP contribution >= 0.6 is 0 Å². The number of amides is 2. The SMILES string of the molecule is CC(=O)Nc1ccn(C(=O)N2CCN(Cc3ccc(-c4ccccc4)cc3C)C[C@@H]2C)n1. The predicted octanol–water partition coefficient (Wildman–Crippen LogP) is 3.99. The van der Waals surface area contributed by atoms with Crippen molar-refractivity contribution in [3.05, 3.63) is 71.9 Å². The van der Waals surface area contributed by atoms with Crippen LogP contribution < -0.4 is 5.32 Å². The highest BCUT2D eigenvalue weighted by Crippen LogP contribution is 2.24. The van der Waals surface area contributed by atoms with Crippen molar-refractivity contribution in [2.45, 2.75) is 33.4 Å². The molecular formula is C25H29N5O2. The van der Waals surface area contributed by atoms with Gasteiger partial charge in [0.2, 0.25) is 5.91 Å². The summed E-state index contributed by atoms with van der Waals surface area (Å²) >= 11 is 0. The molecule has 1 saturated heterocycles. The minimum absolute atomic E-state index is 0.0635. The normalized spacial score (nSPS) is 16.7. The molecule has 2 heterocycles. The number of hydrogen-bond donors (Lipinski definition) is 1. The lowest BCUT2D eigenvalue weighted by atomic mass is 9.99. The van der Waals surface area contributed by atoms with Gasteiger partial charge in [-0.2, -0.15) is 4.68 Å². The second-order valence-corrected chi connectivity index (χ2v) is 8.39. The number of hydrogen-bond acceptors (Lipinski definition) is 4. The van der Waals surface area contributed by atoms with Crippen LogP contribution in [0, 0.1) is 6.92 Å². The van der Waals surface area contributed by atoms with Gasteiger partial charge in [0.05, 0.1) is 0 Å². The van der Waals surface area contributed by atoms with Crippen LogP contribution in [0.15, 0.2) is 60.8 Å². The van der Waals surface area contributed by atoms with Gasteiger partial charge >= 0.3 is 6.03 Å². The molecule has 7 nitrogen and oxygen atoms in total. The summed E-state index contributed by atoms with van der Waals surface area (Å²) in [6.45, 7) is 8.74. The van der Waals surface area contributed by atoms with Crippen molar-refractivity contribution in [2.24, 2.45) is 0 Å². The molecule has 1 N–H and O–H groups in total. The van der Waals surface area contributed by atoms with Crippen LogP contribution in [0.1, 0.15) is 25.0 Å². The standard InChI is InChI=1S/C25H29N5O2/c1-18-15-22(21-7-5-4-6-8-21)9-10-23(18)17-28-13-14-29(19(2)16-28)25(32)30-12-11-24(27-30)26-20(3)31/h4-12,15,19H,13-14,16-17H2,1-3H3,(H,26,27,31)/t19-/m0/s1. The third-order valence-electron chi connectivity index (χ3n) is 5.89. The Balaban J connectivity index is 1.38. The molecule has 0 bridgehead atoms. The summed E-state index contributed by atoms with van der Waals surface area (Å²) in [6.07, 6.45) is 1.59. The van der Waals surface area contributed by atoms with Crippen LogP contribution in [-0.4, -0.2) is 57.2 Å². The van der Waals surface area contributed by atoms with E-state index in [1.807, 2.05) is 11.0 Å². The minimum atomic E-state index is -0.211. The fourth-order valence-electron chi connectivity index (χ4n) is 4.19. The van der Waals surface area contributed by atoms with Gasteiger partial charge in [0, 0.05) is 51.4 Å². The van der Waals surface area contributed by atoms with Crippen molar-refractivity contribution in [3.63, 3.8) is 0 Å². The van der Waals surface area contributed by atoms with Crippen LogP contribution in [0.2, 0.25) is 0 Å². The lowest BCUT2D eigenvalue weighted by Gasteiger charge is -2.39. The average molecular weight is 432 g/mol. The van der Waals surface area contributed by atoms with Gasteiger partial charge in [0.15, 0.2) is 5.82 Å². The second-order valence-electron chi connectivity index (χ2n) is 8.39. The van der Waals surface area contributed by atoms with Gasteiger partial charge in [-0.3, -0.25) is 9.69 Å². The molecule has 0 spiro atoms. The van der Waals surface area contributed by atoms with Crippen molar-refractivity contribution < 1.29 is 9.59 Å². The molecule has 2 aromatic carbocycles. The molecule has 1 aliphatic rings. The molecule has 1 aromatic heterocycles. The zero-order valence-corrected chi connectivity index (χ0v) is 18.8. The second kappa shape index (κ2) is 9.36. The summed E-state index contributed by atoms with van der Waals surface area (Å²) in [6, 6.07) is 18.6. The van der Waals surface area contributed by atoms with Crippen molar-refractivity contribution in [1.82, 2.24) is 19.6 Å². The van der Waals surface area contributed by atoms with Gasteiger partial charge in [0.1, 0.15) is 0 Å². The number of aromatic nitrogens is 2. The lowest BCUT2D eigenvalue weighted by molar-refractivity contribution is -0.114. The Kier molecular flexibility index (Phi) is 6.37. The molecule has 1 fully saturated rings. The first kappa shape index (κ1) is 21.8. The Hall–Kier alpha value is -3.45. The first-order chi connectivity index (χ1) is 15.4. The highest BCUT2D eigenvalue weighted by molar-refractivity contribution is 5.88. The highest BCUT2D eigenvalue weighted by atomic mass is 16.2. The van der Waals surface area contributed by atoms with Crippen LogP contribution in [0.3, 0.4) is 0 Å². The van der Waals surface area contributed by atoms with Gasteiger partial charge in [-0.1, -0.05) is 48.5 Å². The van der Waals surface area contributed by atoms with Crippen LogP contribution in [-0.2, 0) is 11.3 Å². The molecule has 7 heteroatoms. The summed E-state index contributed by atoms with van der Waals surface area (Å²) in [5, 5.41) is 6.77. The van der Waals surface area contributed by atoms with E-state index in [0.29, 0.717) is 12.4 Å². The third-order valence-corrected chi connectivity index (χ3v) is 5.89. The number of rotatable bonds is 4. The van der Waals surface area contributed by atoms with Crippen LogP contribution in [0.4, 0.5) is 10.6 Å². The number of carbonyl (C=O) groups is 2. The molecule has 1 atom stereocenters. The van der Waals surface area contributed by atoms with E-state index in [9.17, 15) is 9.59 Å². The van der Waals surface area contributed by atoms with Crippen LogP contribution in [0.25, 0.3) is 11.1 Å². The molecule has 166 valence electrons. The number of piperazine rings is 1. The van der Waals surface area contributed by atoms with Crippen LogP contribution in [0.5, 0.6) is 0 Å². The van der Waals surface area contributed by atoms with Crippen molar-refractivity contribution in [2.75, 3.05) is 25.0 Å². The highest BCUT2D eigenvalue weighted by Gasteiger charge is 2.29. The van der Waals surface area contributed by atoms with E-state index in [1.165, 1.54) is 33.9 Å². The van der Waals surface area contributed by atoms with Gasteiger partial charge in [-0.25, -0.2) is 4.79 Å². The number of nitrogens with one attached hydrogen (secondary N) is 1. The molecule has 3 aromatic rings. The van der Waals surface area contributed by atoms with E-state index in [1.54, 1.807) is 12.3 Å². The summed E-state index contributed by atoms with van der Waals surface area (Å²) in [5.74, 6) is 0.170. The first-order valence-corrected chi connectivity index (χ1v) is 10.9. The minimum Gasteiger partial charge on any atom is -0.318 e. The molecule has 0 saturated carbocycles. The summed E-state index contributed by atoms with van der Waals surface area (Å²) in [7, 11) is 0. The average Bonchev–Trinajstić information content (AvgIpc) is 3.23. The smallest absolute Gasteiger partial charge is 0.318 e. The van der Waals surface area contributed by atoms with E-state index in [-0.39, 0.29) is 18.0 Å². The zero-order chi connectivity index (χ0) is 22.7. The predicted molar refractivity (Wildman–Crippen MR) is 125 cm³/mol. The number of anilines is 1. The summed E-state index contributed by atoms with van der Waals surface area (Å²) in [5.41, 5.74) is 5.04. The molecule has 2 amide bonds. The fraction of sp³-hybridized carbons (Fsp3) is 0.320. The fourth-order valence-corrected chi connectivity index (χ4v) is 4.19. The first-order valence-electron chi connectivity index (χ1n) is 10.9.